The van der Waals surface area contributed by atoms with Crippen LogP contribution in [0.3, 0.4) is 0 Å². The van der Waals surface area contributed by atoms with Crippen molar-refractivity contribution in [2.24, 2.45) is 5.41 Å². The molecule has 0 fully saturated rings. The number of hydrogen-bond acceptors (Lipinski definition) is 2. The average molecular weight is 229 g/mol. The monoisotopic (exact) mass is 229 g/mol. The third-order valence-electron chi connectivity index (χ3n) is 2.72. The maximum absolute atomic E-state index is 11.7. The fourth-order valence-electron chi connectivity index (χ4n) is 1.27. The van der Waals surface area contributed by atoms with Crippen LogP contribution in [0, 0.1) is 5.41 Å². The van der Waals surface area contributed by atoms with Gasteiger partial charge in [-0.15, -0.1) is 0 Å². The minimum absolute atomic E-state index is 0.0395. The van der Waals surface area contributed by atoms with E-state index in [0.29, 0.717) is 0 Å². The molecule has 1 atom stereocenters. The van der Waals surface area contributed by atoms with Gasteiger partial charge in [-0.1, -0.05) is 26.2 Å². The lowest BCUT2D eigenvalue weighted by molar-refractivity contribution is -0.153. The Balaban J connectivity index is 4.09. The second kappa shape index (κ2) is 6.51. The summed E-state index contributed by atoms with van der Waals surface area (Å²) in [5.41, 5.74) is -1.35. The molecule has 0 aromatic rings. The smallest absolute Gasteiger partial charge is 0.318 e. The van der Waals surface area contributed by atoms with Gasteiger partial charge in [0, 0.05) is 6.04 Å². The van der Waals surface area contributed by atoms with Crippen LogP contribution in [0.5, 0.6) is 0 Å². The Morgan fingerprint density at radius 3 is 2.31 bits per heavy atom. The van der Waals surface area contributed by atoms with Gasteiger partial charge >= 0.3 is 5.97 Å². The van der Waals surface area contributed by atoms with Crippen LogP contribution in [0.2, 0.25) is 0 Å². The molecule has 1 unspecified atom stereocenters. The van der Waals surface area contributed by atoms with Gasteiger partial charge in [0.1, 0.15) is 5.41 Å². The maximum atomic E-state index is 11.7. The minimum Gasteiger partial charge on any atom is -0.480 e. The molecular weight excluding hydrogens is 206 g/mol. The molecule has 0 saturated carbocycles. The van der Waals surface area contributed by atoms with Crippen LogP contribution >= 0.6 is 0 Å². The van der Waals surface area contributed by atoms with Gasteiger partial charge in [0.05, 0.1) is 0 Å². The van der Waals surface area contributed by atoms with Crippen LogP contribution in [0.4, 0.5) is 0 Å². The number of carbonyl (C=O) groups is 2. The van der Waals surface area contributed by atoms with Crippen molar-refractivity contribution in [3.05, 3.63) is 0 Å². The number of amides is 1. The van der Waals surface area contributed by atoms with Crippen LogP contribution in [0.1, 0.15) is 53.4 Å². The summed E-state index contributed by atoms with van der Waals surface area (Å²) in [4.78, 5) is 22.5. The lowest BCUT2D eigenvalue weighted by Crippen LogP contribution is -2.45. The first-order valence-electron chi connectivity index (χ1n) is 5.86. The number of unbranched alkanes of at least 4 members (excludes halogenated alkanes) is 2. The Labute approximate surface area is 97.4 Å². The molecule has 4 nitrogen and oxygen atoms in total. The van der Waals surface area contributed by atoms with Crippen molar-refractivity contribution in [1.29, 1.82) is 0 Å². The maximum Gasteiger partial charge on any atom is 0.318 e. The summed E-state index contributed by atoms with van der Waals surface area (Å²) in [5.74, 6) is -1.50. The molecule has 16 heavy (non-hydrogen) atoms. The number of carbonyl (C=O) groups excluding carboxylic acids is 1. The summed E-state index contributed by atoms with van der Waals surface area (Å²) in [6.07, 6.45) is 4.24. The van der Waals surface area contributed by atoms with Crippen LogP contribution < -0.4 is 5.32 Å². The number of carboxylic acid groups (broad SMARTS) is 1. The first-order chi connectivity index (χ1) is 7.32. The quantitative estimate of drug-likeness (QED) is 0.519. The zero-order valence-electron chi connectivity index (χ0n) is 10.7. The molecule has 2 N–H and O–H groups in total. The van der Waals surface area contributed by atoms with E-state index in [1.165, 1.54) is 13.8 Å². The standard InChI is InChI=1S/C12H23NO3/c1-5-6-7-8-9(2)13-10(14)12(3,4)11(15)16/h9H,5-8H2,1-4H3,(H,13,14)(H,15,16). The molecular formula is C12H23NO3. The van der Waals surface area contributed by atoms with Crippen molar-refractivity contribution in [2.45, 2.75) is 59.4 Å². The highest BCUT2D eigenvalue weighted by atomic mass is 16.4. The van der Waals surface area contributed by atoms with E-state index >= 15 is 0 Å². The van der Waals surface area contributed by atoms with Gasteiger partial charge in [-0.05, 0) is 27.2 Å². The van der Waals surface area contributed by atoms with Gasteiger partial charge in [-0.2, -0.15) is 0 Å². The molecule has 0 saturated heterocycles. The zero-order valence-corrected chi connectivity index (χ0v) is 10.7. The van der Waals surface area contributed by atoms with E-state index < -0.39 is 17.3 Å². The van der Waals surface area contributed by atoms with Gasteiger partial charge in [-0.3, -0.25) is 9.59 Å². The summed E-state index contributed by atoms with van der Waals surface area (Å²) in [5, 5.41) is 11.6. The van der Waals surface area contributed by atoms with Crippen molar-refractivity contribution in [1.82, 2.24) is 5.32 Å². The Morgan fingerprint density at radius 2 is 1.88 bits per heavy atom. The van der Waals surface area contributed by atoms with E-state index in [1.807, 2.05) is 6.92 Å². The summed E-state index contributed by atoms with van der Waals surface area (Å²) in [6.45, 7) is 6.87. The summed E-state index contributed by atoms with van der Waals surface area (Å²) < 4.78 is 0. The molecule has 94 valence electrons. The van der Waals surface area contributed by atoms with E-state index in [0.717, 1.165) is 25.7 Å². The summed E-state index contributed by atoms with van der Waals surface area (Å²) in [6, 6.07) is 0.0395. The predicted molar refractivity (Wildman–Crippen MR) is 63.2 cm³/mol. The molecule has 0 radical (unpaired) electrons. The molecule has 0 aromatic carbocycles. The fraction of sp³-hybridized carbons (Fsp3) is 0.833. The molecule has 4 heteroatoms. The van der Waals surface area contributed by atoms with Crippen LogP contribution in [-0.2, 0) is 9.59 Å². The Kier molecular flexibility index (Phi) is 6.08. The van der Waals surface area contributed by atoms with E-state index in [9.17, 15) is 9.59 Å². The third kappa shape index (κ3) is 4.64. The molecule has 0 rings (SSSR count). The van der Waals surface area contributed by atoms with Crippen molar-refractivity contribution in [2.75, 3.05) is 0 Å². The first-order valence-corrected chi connectivity index (χ1v) is 5.86. The normalized spacial score (nSPS) is 13.2. The predicted octanol–water partition coefficient (Wildman–Crippen LogP) is 2.18. The highest BCUT2D eigenvalue weighted by Gasteiger charge is 2.36. The molecule has 0 aromatic heterocycles. The van der Waals surface area contributed by atoms with Crippen molar-refractivity contribution < 1.29 is 14.7 Å². The highest BCUT2D eigenvalue weighted by Crippen LogP contribution is 2.16. The fourth-order valence-corrected chi connectivity index (χ4v) is 1.27. The lowest BCUT2D eigenvalue weighted by Gasteiger charge is -2.22. The van der Waals surface area contributed by atoms with Crippen LogP contribution in [0.15, 0.2) is 0 Å². The Hall–Kier alpha value is -1.06. The van der Waals surface area contributed by atoms with Gasteiger partial charge < -0.3 is 10.4 Å². The van der Waals surface area contributed by atoms with Crippen molar-refractivity contribution in [3.8, 4) is 0 Å². The molecule has 0 aliphatic rings. The van der Waals surface area contributed by atoms with E-state index in [2.05, 4.69) is 12.2 Å². The number of carboxylic acids is 1. The third-order valence-corrected chi connectivity index (χ3v) is 2.72. The molecule has 0 spiro atoms. The number of nitrogens with one attached hydrogen (secondary N) is 1. The summed E-state index contributed by atoms with van der Waals surface area (Å²) in [7, 11) is 0. The first kappa shape index (κ1) is 14.9. The topological polar surface area (TPSA) is 66.4 Å². The zero-order chi connectivity index (χ0) is 12.8. The van der Waals surface area contributed by atoms with Gasteiger partial charge in [0.2, 0.25) is 5.91 Å². The molecule has 0 aliphatic heterocycles. The van der Waals surface area contributed by atoms with Crippen LogP contribution in [0.25, 0.3) is 0 Å². The number of aliphatic carboxylic acids is 1. The molecule has 1 amide bonds. The molecule has 0 aliphatic carbocycles. The minimum atomic E-state index is -1.35. The highest BCUT2D eigenvalue weighted by molar-refractivity contribution is 6.01. The van der Waals surface area contributed by atoms with Crippen molar-refractivity contribution >= 4 is 11.9 Å². The number of hydrogen-bond donors (Lipinski definition) is 2. The van der Waals surface area contributed by atoms with Gasteiger partial charge in [0.25, 0.3) is 0 Å². The SMILES string of the molecule is CCCCCC(C)NC(=O)C(C)(C)C(=O)O. The van der Waals surface area contributed by atoms with Crippen molar-refractivity contribution in [3.63, 3.8) is 0 Å². The number of rotatable bonds is 7. The second-order valence-electron chi connectivity index (χ2n) is 4.80. The second-order valence-corrected chi connectivity index (χ2v) is 4.80. The van der Waals surface area contributed by atoms with Gasteiger partial charge in [-0.25, -0.2) is 0 Å². The van der Waals surface area contributed by atoms with E-state index in [1.54, 1.807) is 0 Å². The summed E-state index contributed by atoms with van der Waals surface area (Å²) >= 11 is 0. The van der Waals surface area contributed by atoms with E-state index in [4.69, 9.17) is 5.11 Å². The lowest BCUT2D eigenvalue weighted by atomic mass is 9.92. The van der Waals surface area contributed by atoms with Crippen LogP contribution in [-0.4, -0.2) is 23.0 Å². The Bertz CT molecular complexity index is 249. The largest absolute Gasteiger partial charge is 0.480 e. The van der Waals surface area contributed by atoms with E-state index in [-0.39, 0.29) is 6.04 Å². The van der Waals surface area contributed by atoms with Gasteiger partial charge in [0.15, 0.2) is 0 Å². The molecule has 0 heterocycles. The average Bonchev–Trinajstić information content (AvgIpc) is 2.17. The Morgan fingerprint density at radius 1 is 1.31 bits per heavy atom. The molecule has 0 bridgehead atoms.